The molecule has 0 saturated carbocycles. The van der Waals surface area contributed by atoms with E-state index >= 15 is 0 Å². The maximum absolute atomic E-state index is 9.91. The number of hydrogen-bond acceptors (Lipinski definition) is 18. The van der Waals surface area contributed by atoms with Gasteiger partial charge in [0.05, 0.1) is 71.8 Å². The Bertz CT molecular complexity index is 3680. The lowest BCUT2D eigenvalue weighted by Gasteiger charge is -2.13. The van der Waals surface area contributed by atoms with Gasteiger partial charge in [0.1, 0.15) is 23.2 Å². The third-order valence-corrected chi connectivity index (χ3v) is 11.1. The van der Waals surface area contributed by atoms with Crippen molar-refractivity contribution in [2.45, 2.75) is 26.7 Å². The van der Waals surface area contributed by atoms with Gasteiger partial charge in [-0.1, -0.05) is 60.7 Å². The Balaban J connectivity index is 1.08. The monoisotopic (exact) mass is 949 g/mol. The van der Waals surface area contributed by atoms with E-state index in [-0.39, 0.29) is 80.8 Å². The van der Waals surface area contributed by atoms with E-state index in [1.807, 2.05) is 91.0 Å². The van der Waals surface area contributed by atoms with E-state index in [0.29, 0.717) is 39.7 Å². The molecule has 3 aromatic carbocycles. The SMILES string of the molecule is [C-]#[N+]c1cnn(-c2ccccc2)c1N=Nc1c(C)nn(-c2nc(C3C=C(C)C(/N=N/c4c([N+]#[C-])cnn4-c4ccccc4)=C3N)nc(-n3nc(C)c(N=Nc4c(C#N)cnn4-c4ccccc4)c3N)n2)c1N. The van der Waals surface area contributed by atoms with Crippen molar-refractivity contribution in [1.82, 2.24) is 63.9 Å². The summed E-state index contributed by atoms with van der Waals surface area (Å²) < 4.78 is 7.00. The summed E-state index contributed by atoms with van der Waals surface area (Å²) in [7, 11) is 0. The highest BCUT2D eigenvalue weighted by Crippen LogP contribution is 2.40. The van der Waals surface area contributed by atoms with Crippen molar-refractivity contribution in [3.8, 4) is 35.0 Å². The van der Waals surface area contributed by atoms with Gasteiger partial charge in [-0.3, -0.25) is 0 Å². The lowest BCUT2D eigenvalue weighted by Crippen LogP contribution is -2.18. The molecule has 0 radical (unpaired) electrons. The fourth-order valence-electron chi connectivity index (χ4n) is 7.56. The molecular weight excluding hydrogens is 915 g/mol. The van der Waals surface area contributed by atoms with Gasteiger partial charge >= 0.3 is 0 Å². The Morgan fingerprint density at radius 3 is 1.44 bits per heavy atom. The first kappa shape index (κ1) is 44.7. The van der Waals surface area contributed by atoms with Crippen LogP contribution in [0, 0.1) is 38.3 Å². The number of aryl methyl sites for hydroxylation is 2. The van der Waals surface area contributed by atoms with E-state index in [1.165, 1.54) is 42.0 Å². The molecule has 6 heterocycles. The summed E-state index contributed by atoms with van der Waals surface area (Å²) in [6.45, 7) is 20.6. The number of hydrogen-bond donors (Lipinski definition) is 3. The summed E-state index contributed by atoms with van der Waals surface area (Å²) in [5.41, 5.74) is 25.2. The van der Waals surface area contributed by atoms with Crippen molar-refractivity contribution in [3.63, 3.8) is 0 Å². The second-order valence-electron chi connectivity index (χ2n) is 15.7. The second-order valence-corrected chi connectivity index (χ2v) is 15.7. The van der Waals surface area contributed by atoms with Crippen LogP contribution in [-0.4, -0.2) is 63.9 Å². The van der Waals surface area contributed by atoms with Crippen LogP contribution in [0.25, 0.3) is 38.6 Å². The Hall–Kier alpha value is -11.1. The fourth-order valence-corrected chi connectivity index (χ4v) is 7.56. The van der Waals surface area contributed by atoms with E-state index in [4.69, 9.17) is 45.3 Å². The molecule has 6 N–H and O–H groups in total. The van der Waals surface area contributed by atoms with Crippen LogP contribution in [0.5, 0.6) is 0 Å². The number of benzene rings is 3. The highest BCUT2D eigenvalue weighted by Gasteiger charge is 2.30. The standard InChI is InChI=1S/C47H35N25/c1-26-21-33(36(49)37(26)60-64-44-34(52-4)24-55-69(44)31-17-11-7-12-18-31)42-57-46(71-40(50)38(27(2)66-71)61-63-43-29(22-48)23-54-68(43)30-15-9-6-10-16-30)59-47(58-42)72-41(51)39(28(3)67-72)62-65-45-35(53-5)25-56-70(45)32-19-13-8-14-20-32/h6-21,23-25,33H,49-51H2,1-3H3/b63-61?,64-60+,65-62?. The average Bonchev–Trinajstić information content (AvgIpc) is 4.27. The molecule has 1 unspecified atom stereocenters. The van der Waals surface area contributed by atoms with Gasteiger partial charge < -0.3 is 17.2 Å². The minimum Gasteiger partial charge on any atom is -0.399 e. The Kier molecular flexibility index (Phi) is 11.5. The van der Waals surface area contributed by atoms with Crippen LogP contribution in [0.2, 0.25) is 0 Å². The van der Waals surface area contributed by atoms with Gasteiger partial charge in [-0.05, 0) is 62.7 Å². The largest absolute Gasteiger partial charge is 0.399 e. The van der Waals surface area contributed by atoms with Gasteiger partial charge in [0.25, 0.3) is 23.3 Å². The summed E-state index contributed by atoms with van der Waals surface area (Å²) in [5, 5.41) is 59.1. The van der Waals surface area contributed by atoms with Crippen LogP contribution in [0.4, 0.5) is 51.8 Å². The molecule has 0 amide bonds. The zero-order chi connectivity index (χ0) is 50.0. The second kappa shape index (κ2) is 18.5. The van der Waals surface area contributed by atoms with E-state index < -0.39 is 5.92 Å². The van der Waals surface area contributed by atoms with E-state index in [0.717, 1.165) is 0 Å². The maximum Gasteiger partial charge on any atom is 0.257 e. The predicted octanol–water partition coefficient (Wildman–Crippen LogP) is 9.38. The Labute approximate surface area is 407 Å². The summed E-state index contributed by atoms with van der Waals surface area (Å²) in [5.74, 6) is -0.371. The molecule has 10 rings (SSSR count). The molecule has 25 heteroatoms. The zero-order valence-electron chi connectivity index (χ0n) is 38.1. The summed E-state index contributed by atoms with van der Waals surface area (Å²) in [6.07, 6.45) is 6.01. The van der Waals surface area contributed by atoms with Gasteiger partial charge in [-0.25, -0.2) is 23.7 Å². The molecule has 0 fully saturated rings. The number of allylic oxidation sites excluding steroid dienone is 2. The summed E-state index contributed by atoms with van der Waals surface area (Å²) >= 11 is 0. The molecule has 0 aliphatic heterocycles. The molecule has 1 aliphatic rings. The van der Waals surface area contributed by atoms with Crippen LogP contribution in [-0.2, 0) is 0 Å². The minimum atomic E-state index is -0.819. The van der Waals surface area contributed by atoms with Gasteiger partial charge in [0.15, 0.2) is 40.5 Å². The van der Waals surface area contributed by atoms with Crippen molar-refractivity contribution < 1.29 is 0 Å². The number of nitrogen functional groups attached to an aromatic ring is 2. The fraction of sp³-hybridized carbons (Fsp3) is 0.0851. The molecule has 72 heavy (non-hydrogen) atoms. The number of para-hydroxylation sites is 3. The molecule has 1 atom stereocenters. The van der Waals surface area contributed by atoms with Crippen LogP contribution < -0.4 is 17.2 Å². The first-order valence-electron chi connectivity index (χ1n) is 21.5. The molecule has 25 nitrogen and oxygen atoms in total. The number of nitrogens with zero attached hydrogens (tertiary/aromatic N) is 22. The van der Waals surface area contributed by atoms with Gasteiger partial charge in [-0.2, -0.15) is 55.1 Å². The van der Waals surface area contributed by atoms with Gasteiger partial charge in [0.2, 0.25) is 0 Å². The molecule has 348 valence electrons. The summed E-state index contributed by atoms with van der Waals surface area (Å²) in [4.78, 5) is 21.6. The maximum atomic E-state index is 9.91. The predicted molar refractivity (Wildman–Crippen MR) is 261 cm³/mol. The lowest BCUT2D eigenvalue weighted by atomic mass is 10.1. The molecular formula is C47H35N25. The van der Waals surface area contributed by atoms with Crippen molar-refractivity contribution in [2.75, 3.05) is 11.5 Å². The molecule has 1 aliphatic carbocycles. The molecule has 6 aromatic heterocycles. The molecule has 0 saturated heterocycles. The molecule has 9 aromatic rings. The topological polar surface area (TPSA) is 312 Å². The number of azo groups is 3. The molecule has 0 spiro atoms. The van der Waals surface area contributed by atoms with Crippen LogP contribution in [0.15, 0.2) is 163 Å². The van der Waals surface area contributed by atoms with E-state index in [9.17, 15) is 5.26 Å². The highest BCUT2D eigenvalue weighted by molar-refractivity contribution is 5.68. The van der Waals surface area contributed by atoms with Crippen LogP contribution >= 0.6 is 0 Å². The normalized spacial score (nSPS) is 13.6. The number of nitrogens with two attached hydrogens (primary N) is 3. The van der Waals surface area contributed by atoms with Gasteiger partial charge in [-0.15, -0.1) is 30.7 Å². The first-order valence-corrected chi connectivity index (χ1v) is 21.5. The molecule has 0 bridgehead atoms. The number of nitriles is 1. The summed E-state index contributed by atoms with van der Waals surface area (Å²) in [6, 6.07) is 29.7. The average molecular weight is 950 g/mol. The number of aromatic nitrogens is 13. The van der Waals surface area contributed by atoms with Crippen molar-refractivity contribution in [3.05, 3.63) is 178 Å². The van der Waals surface area contributed by atoms with E-state index in [2.05, 4.69) is 71.9 Å². The smallest absolute Gasteiger partial charge is 0.257 e. The zero-order valence-corrected chi connectivity index (χ0v) is 38.1. The van der Waals surface area contributed by atoms with Crippen molar-refractivity contribution >= 4 is 51.8 Å². The Morgan fingerprint density at radius 2 is 0.986 bits per heavy atom. The third-order valence-electron chi connectivity index (χ3n) is 11.1. The lowest BCUT2D eigenvalue weighted by molar-refractivity contribution is 0.709. The Morgan fingerprint density at radius 1 is 0.556 bits per heavy atom. The number of anilines is 2. The highest BCUT2D eigenvalue weighted by atomic mass is 15.5. The van der Waals surface area contributed by atoms with E-state index in [1.54, 1.807) is 26.8 Å². The number of rotatable bonds is 12. The quantitative estimate of drug-likeness (QED) is 0.0762. The van der Waals surface area contributed by atoms with Crippen molar-refractivity contribution in [1.29, 1.82) is 5.26 Å². The van der Waals surface area contributed by atoms with Crippen LogP contribution in [0.3, 0.4) is 0 Å². The van der Waals surface area contributed by atoms with Crippen molar-refractivity contribution in [2.24, 2.45) is 36.4 Å². The van der Waals surface area contributed by atoms with Gasteiger partial charge in [0, 0.05) is 0 Å². The first-order chi connectivity index (χ1) is 35.1. The minimum absolute atomic E-state index is 0.0151. The van der Waals surface area contributed by atoms with Crippen LogP contribution in [0.1, 0.15) is 35.6 Å². The third kappa shape index (κ3) is 8.01.